The van der Waals surface area contributed by atoms with E-state index in [0.29, 0.717) is 18.3 Å². The van der Waals surface area contributed by atoms with Crippen molar-refractivity contribution in [2.45, 2.75) is 12.8 Å². The summed E-state index contributed by atoms with van der Waals surface area (Å²) in [4.78, 5) is 18.4. The fourth-order valence-corrected chi connectivity index (χ4v) is 3.00. The van der Waals surface area contributed by atoms with Gasteiger partial charge in [0.25, 0.3) is 0 Å². The molecule has 1 N–H and O–H groups in total. The number of carbonyl (C=O) groups is 1. The molecular weight excluding hydrogens is 226 g/mol. The number of likely N-dealkylation sites (tertiary alicyclic amines) is 1. The monoisotopic (exact) mass is 245 g/mol. The minimum absolute atomic E-state index is 0.287. The SMILES string of the molecule is O=C(CCc1ccccn1)N1C[C@H]2CNC[C@H]2C1. The lowest BCUT2D eigenvalue weighted by molar-refractivity contribution is -0.130. The van der Waals surface area contributed by atoms with Crippen molar-refractivity contribution >= 4 is 5.91 Å². The molecule has 2 aliphatic heterocycles. The zero-order valence-electron chi connectivity index (χ0n) is 10.5. The fraction of sp³-hybridized carbons (Fsp3) is 0.571. The molecule has 96 valence electrons. The number of pyridine rings is 1. The lowest BCUT2D eigenvalue weighted by Crippen LogP contribution is -2.32. The highest BCUT2D eigenvalue weighted by molar-refractivity contribution is 5.76. The number of hydrogen-bond acceptors (Lipinski definition) is 3. The van der Waals surface area contributed by atoms with Gasteiger partial charge in [-0.3, -0.25) is 9.78 Å². The van der Waals surface area contributed by atoms with Gasteiger partial charge in [-0.15, -0.1) is 0 Å². The van der Waals surface area contributed by atoms with E-state index in [-0.39, 0.29) is 5.91 Å². The Balaban J connectivity index is 1.50. The van der Waals surface area contributed by atoms with Crippen molar-refractivity contribution < 1.29 is 4.79 Å². The van der Waals surface area contributed by atoms with E-state index < -0.39 is 0 Å². The van der Waals surface area contributed by atoms with Crippen LogP contribution in [0.2, 0.25) is 0 Å². The summed E-state index contributed by atoms with van der Waals surface area (Å²) >= 11 is 0. The number of amides is 1. The molecule has 2 saturated heterocycles. The van der Waals surface area contributed by atoms with E-state index in [1.54, 1.807) is 6.20 Å². The maximum atomic E-state index is 12.1. The molecule has 3 rings (SSSR count). The lowest BCUT2D eigenvalue weighted by atomic mass is 10.0. The highest BCUT2D eigenvalue weighted by atomic mass is 16.2. The van der Waals surface area contributed by atoms with E-state index in [1.807, 2.05) is 23.1 Å². The van der Waals surface area contributed by atoms with Crippen LogP contribution in [-0.4, -0.2) is 42.0 Å². The van der Waals surface area contributed by atoms with Crippen LogP contribution in [0.4, 0.5) is 0 Å². The van der Waals surface area contributed by atoms with Gasteiger partial charge in [0.1, 0.15) is 0 Å². The van der Waals surface area contributed by atoms with E-state index in [9.17, 15) is 4.79 Å². The number of rotatable bonds is 3. The fourth-order valence-electron chi connectivity index (χ4n) is 3.00. The molecule has 1 amide bonds. The molecule has 0 aliphatic carbocycles. The average molecular weight is 245 g/mol. The quantitative estimate of drug-likeness (QED) is 0.852. The topological polar surface area (TPSA) is 45.2 Å². The molecule has 0 spiro atoms. The number of aromatic nitrogens is 1. The van der Waals surface area contributed by atoms with Gasteiger partial charge in [0.15, 0.2) is 0 Å². The molecule has 0 aromatic carbocycles. The highest BCUT2D eigenvalue weighted by Gasteiger charge is 2.37. The highest BCUT2D eigenvalue weighted by Crippen LogP contribution is 2.26. The van der Waals surface area contributed by atoms with Crippen LogP contribution in [0.25, 0.3) is 0 Å². The smallest absolute Gasteiger partial charge is 0.222 e. The van der Waals surface area contributed by atoms with Crippen molar-refractivity contribution in [3.63, 3.8) is 0 Å². The van der Waals surface area contributed by atoms with Crippen molar-refractivity contribution in [1.82, 2.24) is 15.2 Å². The van der Waals surface area contributed by atoms with E-state index >= 15 is 0 Å². The van der Waals surface area contributed by atoms with Crippen molar-refractivity contribution in [3.8, 4) is 0 Å². The molecule has 18 heavy (non-hydrogen) atoms. The van der Waals surface area contributed by atoms with Crippen LogP contribution in [0.1, 0.15) is 12.1 Å². The van der Waals surface area contributed by atoms with Gasteiger partial charge in [-0.1, -0.05) is 6.07 Å². The molecule has 0 radical (unpaired) electrons. The second-order valence-corrected chi connectivity index (χ2v) is 5.30. The third-order valence-electron chi connectivity index (χ3n) is 4.06. The first-order chi connectivity index (χ1) is 8.83. The van der Waals surface area contributed by atoms with Gasteiger partial charge in [-0.25, -0.2) is 0 Å². The maximum absolute atomic E-state index is 12.1. The normalized spacial score (nSPS) is 26.3. The second-order valence-electron chi connectivity index (χ2n) is 5.30. The number of nitrogens with zero attached hydrogens (tertiary/aromatic N) is 2. The van der Waals surface area contributed by atoms with Gasteiger partial charge in [0, 0.05) is 44.5 Å². The molecule has 4 heteroatoms. The van der Waals surface area contributed by atoms with E-state index in [1.165, 1.54) is 0 Å². The molecule has 0 unspecified atom stereocenters. The molecule has 1 aromatic heterocycles. The van der Waals surface area contributed by atoms with E-state index in [4.69, 9.17) is 0 Å². The second kappa shape index (κ2) is 5.06. The summed E-state index contributed by atoms with van der Waals surface area (Å²) in [5.74, 6) is 1.66. The van der Waals surface area contributed by atoms with Gasteiger partial charge in [-0.05, 0) is 30.4 Å². The number of carbonyl (C=O) groups excluding carboxylic acids is 1. The number of nitrogens with one attached hydrogen (secondary N) is 1. The first-order valence-corrected chi connectivity index (χ1v) is 6.71. The van der Waals surface area contributed by atoms with Crippen LogP contribution in [-0.2, 0) is 11.2 Å². The molecule has 2 fully saturated rings. The van der Waals surface area contributed by atoms with Crippen molar-refractivity contribution in [2.75, 3.05) is 26.2 Å². The minimum Gasteiger partial charge on any atom is -0.342 e. The lowest BCUT2D eigenvalue weighted by Gasteiger charge is -2.17. The van der Waals surface area contributed by atoms with Gasteiger partial charge >= 0.3 is 0 Å². The van der Waals surface area contributed by atoms with Gasteiger partial charge in [0.05, 0.1) is 0 Å². The van der Waals surface area contributed by atoms with Crippen LogP contribution >= 0.6 is 0 Å². The Kier molecular flexibility index (Phi) is 3.28. The van der Waals surface area contributed by atoms with E-state index in [0.717, 1.165) is 38.3 Å². The van der Waals surface area contributed by atoms with Crippen LogP contribution in [0.15, 0.2) is 24.4 Å². The van der Waals surface area contributed by atoms with Gasteiger partial charge in [-0.2, -0.15) is 0 Å². The van der Waals surface area contributed by atoms with Crippen LogP contribution in [0, 0.1) is 11.8 Å². The summed E-state index contributed by atoms with van der Waals surface area (Å²) in [6.07, 6.45) is 3.12. The van der Waals surface area contributed by atoms with Gasteiger partial charge < -0.3 is 10.2 Å². The van der Waals surface area contributed by atoms with Crippen LogP contribution in [0.3, 0.4) is 0 Å². The number of aryl methyl sites for hydroxylation is 1. The summed E-state index contributed by atoms with van der Waals surface area (Å²) in [6.45, 7) is 4.04. The largest absolute Gasteiger partial charge is 0.342 e. The minimum atomic E-state index is 0.287. The Morgan fingerprint density at radius 2 is 2.11 bits per heavy atom. The molecule has 4 nitrogen and oxygen atoms in total. The first kappa shape index (κ1) is 11.7. The molecular formula is C14H19N3O. The zero-order valence-corrected chi connectivity index (χ0v) is 10.5. The Labute approximate surface area is 107 Å². The Hall–Kier alpha value is -1.42. The summed E-state index contributed by atoms with van der Waals surface area (Å²) in [6, 6.07) is 5.86. The van der Waals surface area contributed by atoms with Crippen molar-refractivity contribution in [3.05, 3.63) is 30.1 Å². The standard InChI is InChI=1S/C14H19N3O/c18-14(5-4-13-3-1-2-6-16-13)17-9-11-7-15-8-12(11)10-17/h1-3,6,11-12,15H,4-5,7-10H2/t11-,12+. The maximum Gasteiger partial charge on any atom is 0.222 e. The summed E-state index contributed by atoms with van der Waals surface area (Å²) in [5, 5.41) is 3.39. The summed E-state index contributed by atoms with van der Waals surface area (Å²) in [5.41, 5.74) is 1.01. The molecule has 0 saturated carbocycles. The van der Waals surface area contributed by atoms with Crippen molar-refractivity contribution in [2.24, 2.45) is 11.8 Å². The number of fused-ring (bicyclic) bond motifs is 1. The zero-order chi connectivity index (χ0) is 12.4. The van der Waals surface area contributed by atoms with Crippen LogP contribution in [0.5, 0.6) is 0 Å². The Bertz CT molecular complexity index is 408. The molecule has 2 aliphatic rings. The molecule has 1 aromatic rings. The first-order valence-electron chi connectivity index (χ1n) is 6.71. The summed E-state index contributed by atoms with van der Waals surface area (Å²) in [7, 11) is 0. The molecule has 2 atom stereocenters. The molecule has 0 bridgehead atoms. The Morgan fingerprint density at radius 1 is 1.33 bits per heavy atom. The third-order valence-corrected chi connectivity index (χ3v) is 4.06. The van der Waals surface area contributed by atoms with Gasteiger partial charge in [0.2, 0.25) is 5.91 Å². The van der Waals surface area contributed by atoms with Crippen LogP contribution < -0.4 is 5.32 Å². The predicted molar refractivity (Wildman–Crippen MR) is 69.0 cm³/mol. The third kappa shape index (κ3) is 2.38. The van der Waals surface area contributed by atoms with E-state index in [2.05, 4.69) is 10.3 Å². The average Bonchev–Trinajstić information content (AvgIpc) is 2.98. The molecule has 3 heterocycles. The predicted octanol–water partition coefficient (Wildman–Crippen LogP) is 0.692. The Morgan fingerprint density at radius 3 is 2.78 bits per heavy atom. The van der Waals surface area contributed by atoms with Crippen molar-refractivity contribution in [1.29, 1.82) is 0 Å². The number of hydrogen-bond donors (Lipinski definition) is 1. The summed E-state index contributed by atoms with van der Waals surface area (Å²) < 4.78 is 0.